The van der Waals surface area contributed by atoms with E-state index < -0.39 is 5.60 Å². The van der Waals surface area contributed by atoms with Crippen molar-refractivity contribution in [2.24, 2.45) is 5.41 Å². The molecule has 0 aromatic carbocycles. The average Bonchev–Trinajstić information content (AvgIpc) is 1.84. The van der Waals surface area contributed by atoms with Gasteiger partial charge in [0.2, 0.25) is 0 Å². The number of aliphatic hydroxyl groups is 1. The van der Waals surface area contributed by atoms with Gasteiger partial charge in [-0.3, -0.25) is 0 Å². The second-order valence-electron chi connectivity index (χ2n) is 3.69. The zero-order chi connectivity index (χ0) is 8.41. The highest BCUT2D eigenvalue weighted by Crippen LogP contribution is 2.33. The number of hydrogen-bond donors (Lipinski definition) is 1. The van der Waals surface area contributed by atoms with Gasteiger partial charge in [0.15, 0.2) is 0 Å². The largest absolute Gasteiger partial charge is 0.385 e. The maximum absolute atomic E-state index is 9.78. The van der Waals surface area contributed by atoms with Gasteiger partial charge in [0.25, 0.3) is 0 Å². The molecule has 1 N–H and O–H groups in total. The van der Waals surface area contributed by atoms with Crippen molar-refractivity contribution in [2.45, 2.75) is 39.7 Å². The molecule has 1 atom stereocenters. The lowest BCUT2D eigenvalue weighted by molar-refractivity contribution is -0.0166. The lowest BCUT2D eigenvalue weighted by Gasteiger charge is -2.36. The van der Waals surface area contributed by atoms with Crippen LogP contribution in [0.3, 0.4) is 0 Å². The molecule has 1 nitrogen and oxygen atoms in total. The van der Waals surface area contributed by atoms with Crippen LogP contribution in [0.25, 0.3) is 0 Å². The van der Waals surface area contributed by atoms with E-state index in [9.17, 15) is 5.11 Å². The molecular weight excluding hydrogens is 124 g/mol. The Morgan fingerprint density at radius 1 is 1.40 bits per heavy atom. The van der Waals surface area contributed by atoms with Crippen LogP contribution in [0.15, 0.2) is 6.08 Å². The van der Waals surface area contributed by atoms with Crippen LogP contribution >= 0.6 is 0 Å². The SMILES string of the molecule is [CH]=CC(O)(CC)C(C)(C)C. The van der Waals surface area contributed by atoms with Crippen LogP contribution in [0.1, 0.15) is 34.1 Å². The molecular formula is C9H17O. The summed E-state index contributed by atoms with van der Waals surface area (Å²) in [7, 11) is 0. The number of rotatable bonds is 2. The Morgan fingerprint density at radius 3 is 1.80 bits per heavy atom. The zero-order valence-corrected chi connectivity index (χ0v) is 7.31. The lowest BCUT2D eigenvalue weighted by Crippen LogP contribution is -2.39. The van der Waals surface area contributed by atoms with Crippen LogP contribution in [0.2, 0.25) is 0 Å². The molecule has 0 saturated carbocycles. The molecule has 0 fully saturated rings. The molecule has 59 valence electrons. The van der Waals surface area contributed by atoms with E-state index in [0.29, 0.717) is 6.42 Å². The van der Waals surface area contributed by atoms with Crippen LogP contribution in [-0.2, 0) is 0 Å². The van der Waals surface area contributed by atoms with E-state index >= 15 is 0 Å². The van der Waals surface area contributed by atoms with E-state index in [1.807, 2.05) is 27.7 Å². The molecule has 10 heavy (non-hydrogen) atoms. The summed E-state index contributed by atoms with van der Waals surface area (Å²) in [4.78, 5) is 0. The van der Waals surface area contributed by atoms with Crippen molar-refractivity contribution in [3.63, 3.8) is 0 Å². The molecule has 0 rings (SSSR count). The van der Waals surface area contributed by atoms with Gasteiger partial charge in [0.05, 0.1) is 5.60 Å². The first-order valence-electron chi connectivity index (χ1n) is 3.66. The highest BCUT2D eigenvalue weighted by molar-refractivity contribution is 5.01. The van der Waals surface area contributed by atoms with Gasteiger partial charge in [-0.2, -0.15) is 0 Å². The van der Waals surface area contributed by atoms with E-state index in [2.05, 4.69) is 0 Å². The van der Waals surface area contributed by atoms with Gasteiger partial charge in [-0.05, 0) is 11.8 Å². The Balaban J connectivity index is 4.48. The third-order valence-corrected chi connectivity index (χ3v) is 2.11. The second-order valence-corrected chi connectivity index (χ2v) is 3.69. The summed E-state index contributed by atoms with van der Waals surface area (Å²) < 4.78 is 0. The molecule has 1 radical (unpaired) electrons. The quantitative estimate of drug-likeness (QED) is 0.624. The van der Waals surface area contributed by atoms with Crippen molar-refractivity contribution >= 4 is 0 Å². The first kappa shape index (κ1) is 9.70. The minimum atomic E-state index is -0.826. The first-order chi connectivity index (χ1) is 4.37. The Hall–Kier alpha value is -0.300. The molecule has 0 spiro atoms. The van der Waals surface area contributed by atoms with Crippen LogP contribution in [0.5, 0.6) is 0 Å². The molecule has 0 aromatic heterocycles. The van der Waals surface area contributed by atoms with E-state index in [-0.39, 0.29) is 5.41 Å². The summed E-state index contributed by atoms with van der Waals surface area (Å²) in [6, 6.07) is 0. The van der Waals surface area contributed by atoms with Crippen molar-refractivity contribution in [3.05, 3.63) is 12.7 Å². The highest BCUT2D eigenvalue weighted by Gasteiger charge is 2.34. The third kappa shape index (κ3) is 1.60. The maximum Gasteiger partial charge on any atom is 0.0876 e. The standard InChI is InChI=1S/C9H17O/c1-6-9(10,7-2)8(3,4)5/h1,6,10H,7H2,2-5H3. The minimum absolute atomic E-state index is 0.170. The van der Waals surface area contributed by atoms with Gasteiger partial charge in [-0.1, -0.05) is 40.3 Å². The Morgan fingerprint density at radius 2 is 1.80 bits per heavy atom. The molecule has 1 unspecified atom stereocenters. The predicted molar refractivity (Wildman–Crippen MR) is 43.6 cm³/mol. The Bertz CT molecular complexity index is 121. The van der Waals surface area contributed by atoms with Crippen LogP contribution < -0.4 is 0 Å². The summed E-state index contributed by atoms with van der Waals surface area (Å²) in [5, 5.41) is 9.78. The monoisotopic (exact) mass is 141 g/mol. The highest BCUT2D eigenvalue weighted by atomic mass is 16.3. The predicted octanol–water partition coefficient (Wildman–Crippen LogP) is 2.16. The average molecular weight is 141 g/mol. The van der Waals surface area contributed by atoms with Crippen molar-refractivity contribution in [1.29, 1.82) is 0 Å². The maximum atomic E-state index is 9.78. The van der Waals surface area contributed by atoms with Gasteiger partial charge >= 0.3 is 0 Å². The molecule has 1 heteroatoms. The molecule has 0 aliphatic rings. The minimum Gasteiger partial charge on any atom is -0.385 e. The molecule has 0 bridgehead atoms. The third-order valence-electron chi connectivity index (χ3n) is 2.11. The van der Waals surface area contributed by atoms with Crippen molar-refractivity contribution in [3.8, 4) is 0 Å². The fourth-order valence-electron chi connectivity index (χ4n) is 0.898. The summed E-state index contributed by atoms with van der Waals surface area (Å²) in [6.07, 6.45) is 2.04. The number of hydrogen-bond acceptors (Lipinski definition) is 1. The van der Waals surface area contributed by atoms with Crippen LogP contribution in [-0.4, -0.2) is 10.7 Å². The molecule has 0 amide bonds. The van der Waals surface area contributed by atoms with Crippen molar-refractivity contribution < 1.29 is 5.11 Å². The molecule has 0 aliphatic carbocycles. The van der Waals surface area contributed by atoms with Gasteiger partial charge in [0.1, 0.15) is 0 Å². The smallest absolute Gasteiger partial charge is 0.0876 e. The summed E-state index contributed by atoms with van der Waals surface area (Å²) in [5.41, 5.74) is -0.997. The van der Waals surface area contributed by atoms with Gasteiger partial charge in [-0.15, -0.1) is 0 Å². The second kappa shape index (κ2) is 2.75. The van der Waals surface area contributed by atoms with E-state index in [1.54, 1.807) is 0 Å². The molecule has 0 aromatic rings. The van der Waals surface area contributed by atoms with Crippen molar-refractivity contribution in [2.75, 3.05) is 0 Å². The summed E-state index contributed by atoms with van der Waals surface area (Å²) >= 11 is 0. The first-order valence-corrected chi connectivity index (χ1v) is 3.66. The van der Waals surface area contributed by atoms with Crippen molar-refractivity contribution in [1.82, 2.24) is 0 Å². The van der Waals surface area contributed by atoms with Gasteiger partial charge in [0, 0.05) is 0 Å². The van der Waals surface area contributed by atoms with E-state index in [4.69, 9.17) is 6.58 Å². The fraction of sp³-hybridized carbons (Fsp3) is 0.778. The van der Waals surface area contributed by atoms with Crippen LogP contribution in [0, 0.1) is 12.0 Å². The van der Waals surface area contributed by atoms with Crippen LogP contribution in [0.4, 0.5) is 0 Å². The van der Waals surface area contributed by atoms with Gasteiger partial charge in [-0.25, -0.2) is 0 Å². The fourth-order valence-corrected chi connectivity index (χ4v) is 0.898. The Labute approximate surface area is 63.8 Å². The lowest BCUT2D eigenvalue weighted by atomic mass is 9.75. The summed E-state index contributed by atoms with van der Waals surface area (Å²) in [6.45, 7) is 13.2. The molecule has 0 aliphatic heterocycles. The normalized spacial score (nSPS) is 18.1. The Kier molecular flexibility index (Phi) is 2.67. The van der Waals surface area contributed by atoms with Gasteiger partial charge < -0.3 is 5.11 Å². The van der Waals surface area contributed by atoms with E-state index in [0.717, 1.165) is 0 Å². The summed E-state index contributed by atoms with van der Waals surface area (Å²) in [5.74, 6) is 0. The topological polar surface area (TPSA) is 20.2 Å². The van der Waals surface area contributed by atoms with E-state index in [1.165, 1.54) is 6.08 Å². The molecule has 0 heterocycles. The zero-order valence-electron chi connectivity index (χ0n) is 7.31. The molecule has 0 saturated heterocycles.